The summed E-state index contributed by atoms with van der Waals surface area (Å²) in [6.07, 6.45) is 0.933. The molecule has 2 aromatic rings. The molecule has 152 valence electrons. The second-order valence-electron chi connectivity index (χ2n) is 8.77. The number of nitrogens with two attached hydrogens (primary N) is 1. The minimum Gasteiger partial charge on any atom is -0.497 e. The number of likely N-dealkylation sites (N-methyl/N-ethyl adjacent to an activating group) is 1. The molecule has 1 aliphatic rings. The van der Waals surface area contributed by atoms with E-state index in [2.05, 4.69) is 43.0 Å². The summed E-state index contributed by atoms with van der Waals surface area (Å²) in [7, 11) is 3.56. The van der Waals surface area contributed by atoms with Gasteiger partial charge in [0.05, 0.1) is 13.2 Å². The number of amides is 1. The monoisotopic (exact) mass is 383 g/mol. The van der Waals surface area contributed by atoms with E-state index >= 15 is 0 Å². The van der Waals surface area contributed by atoms with Crippen LogP contribution < -0.4 is 10.5 Å². The first-order valence-corrected chi connectivity index (χ1v) is 10.0. The van der Waals surface area contributed by atoms with Crippen LogP contribution in [0.3, 0.4) is 0 Å². The van der Waals surface area contributed by atoms with Crippen molar-refractivity contribution >= 4 is 16.7 Å². The first-order chi connectivity index (χ1) is 13.2. The molecule has 28 heavy (non-hydrogen) atoms. The average Bonchev–Trinajstić information content (AvgIpc) is 2.68. The van der Waals surface area contributed by atoms with Crippen LogP contribution in [0.15, 0.2) is 36.4 Å². The van der Waals surface area contributed by atoms with Gasteiger partial charge < -0.3 is 15.4 Å². The summed E-state index contributed by atoms with van der Waals surface area (Å²) in [4.78, 5) is 17.1. The molecule has 2 aromatic carbocycles. The van der Waals surface area contributed by atoms with Gasteiger partial charge in [0.2, 0.25) is 5.91 Å². The summed E-state index contributed by atoms with van der Waals surface area (Å²) in [6.45, 7) is 8.72. The molecule has 0 aliphatic carbocycles. The van der Waals surface area contributed by atoms with Gasteiger partial charge in [0.25, 0.3) is 0 Å². The number of piperidine rings is 1. The molecule has 5 nitrogen and oxygen atoms in total. The van der Waals surface area contributed by atoms with E-state index in [1.54, 1.807) is 7.11 Å². The molecule has 2 atom stereocenters. The van der Waals surface area contributed by atoms with Crippen LogP contribution in [0, 0.1) is 5.41 Å². The molecule has 0 radical (unpaired) electrons. The van der Waals surface area contributed by atoms with Gasteiger partial charge in [-0.05, 0) is 53.3 Å². The maximum Gasteiger partial charge on any atom is 0.239 e. The zero-order valence-corrected chi connectivity index (χ0v) is 17.7. The number of benzene rings is 2. The number of likely N-dealkylation sites (tertiary alicyclic amines) is 1. The van der Waals surface area contributed by atoms with Gasteiger partial charge in [0, 0.05) is 32.7 Å². The molecule has 1 amide bonds. The van der Waals surface area contributed by atoms with E-state index in [9.17, 15) is 4.79 Å². The smallest absolute Gasteiger partial charge is 0.239 e. The van der Waals surface area contributed by atoms with Crippen LogP contribution in [0.25, 0.3) is 10.8 Å². The van der Waals surface area contributed by atoms with E-state index < -0.39 is 0 Å². The Morgan fingerprint density at radius 3 is 2.64 bits per heavy atom. The third-order valence-electron chi connectivity index (χ3n) is 6.15. The summed E-state index contributed by atoms with van der Waals surface area (Å²) in [5.74, 6) is 1.01. The number of nitrogens with zero attached hydrogens (tertiary/aromatic N) is 2. The molecule has 2 unspecified atom stereocenters. The molecule has 1 aliphatic heterocycles. The zero-order valence-electron chi connectivity index (χ0n) is 17.7. The van der Waals surface area contributed by atoms with Crippen LogP contribution in [-0.2, 0) is 11.3 Å². The predicted octanol–water partition coefficient (Wildman–Crippen LogP) is 3.25. The van der Waals surface area contributed by atoms with Crippen molar-refractivity contribution in [2.45, 2.75) is 45.8 Å². The molecule has 5 heteroatoms. The van der Waals surface area contributed by atoms with Crippen LogP contribution in [-0.4, -0.2) is 55.0 Å². The fourth-order valence-electron chi connectivity index (χ4n) is 4.07. The molecule has 0 bridgehead atoms. The summed E-state index contributed by atoms with van der Waals surface area (Å²) in [6, 6.07) is 12.4. The van der Waals surface area contributed by atoms with E-state index in [-0.39, 0.29) is 23.4 Å². The van der Waals surface area contributed by atoms with Crippen molar-refractivity contribution in [3.63, 3.8) is 0 Å². The van der Waals surface area contributed by atoms with Crippen molar-refractivity contribution in [1.82, 2.24) is 9.80 Å². The van der Waals surface area contributed by atoms with Crippen molar-refractivity contribution < 1.29 is 9.53 Å². The number of methoxy groups -OCH3 is 1. The summed E-state index contributed by atoms with van der Waals surface area (Å²) >= 11 is 0. The van der Waals surface area contributed by atoms with Gasteiger partial charge in [0.1, 0.15) is 5.75 Å². The zero-order chi connectivity index (χ0) is 20.5. The third-order valence-corrected chi connectivity index (χ3v) is 6.15. The first-order valence-electron chi connectivity index (χ1n) is 10.0. The minimum atomic E-state index is -0.138. The van der Waals surface area contributed by atoms with E-state index in [1.807, 2.05) is 31.0 Å². The Hall–Kier alpha value is -2.11. The molecule has 2 N–H and O–H groups in total. The Morgan fingerprint density at radius 1 is 1.29 bits per heavy atom. The van der Waals surface area contributed by atoms with Crippen LogP contribution >= 0.6 is 0 Å². The van der Waals surface area contributed by atoms with Crippen LogP contribution in [0.4, 0.5) is 0 Å². The van der Waals surface area contributed by atoms with Crippen LogP contribution in [0.1, 0.15) is 32.8 Å². The molecule has 0 aromatic heterocycles. The highest BCUT2D eigenvalue weighted by Gasteiger charge is 2.37. The van der Waals surface area contributed by atoms with Crippen molar-refractivity contribution in [2.24, 2.45) is 11.1 Å². The summed E-state index contributed by atoms with van der Waals surface area (Å²) in [5, 5.41) is 2.29. The van der Waals surface area contributed by atoms with Crippen molar-refractivity contribution in [3.05, 3.63) is 42.0 Å². The lowest BCUT2D eigenvalue weighted by Gasteiger charge is -2.45. The fourth-order valence-corrected chi connectivity index (χ4v) is 4.07. The number of ether oxygens (including phenoxy) is 1. The normalized spacial score (nSPS) is 20.7. The van der Waals surface area contributed by atoms with Crippen molar-refractivity contribution in [2.75, 3.05) is 27.2 Å². The third kappa shape index (κ3) is 4.31. The van der Waals surface area contributed by atoms with Crippen LogP contribution in [0.2, 0.25) is 0 Å². The number of hydrogen-bond acceptors (Lipinski definition) is 4. The SMILES string of the molecule is COc1ccc2cc(CN(C)C(=O)C(C)N3CCC(N)C(C)(C)C3)ccc2c1. The Balaban J connectivity index is 1.67. The summed E-state index contributed by atoms with van der Waals surface area (Å²) < 4.78 is 5.29. The maximum atomic E-state index is 13.0. The summed E-state index contributed by atoms with van der Waals surface area (Å²) in [5.41, 5.74) is 7.41. The highest BCUT2D eigenvalue weighted by Crippen LogP contribution is 2.29. The van der Waals surface area contributed by atoms with Gasteiger partial charge in [-0.2, -0.15) is 0 Å². The van der Waals surface area contributed by atoms with Crippen LogP contribution in [0.5, 0.6) is 5.75 Å². The Morgan fingerprint density at radius 2 is 1.96 bits per heavy atom. The van der Waals surface area contributed by atoms with Gasteiger partial charge in [-0.25, -0.2) is 0 Å². The number of rotatable bonds is 5. The number of carbonyl (C=O) groups is 1. The lowest BCUT2D eigenvalue weighted by atomic mass is 9.79. The van der Waals surface area contributed by atoms with E-state index in [0.717, 1.165) is 41.6 Å². The molecule has 0 spiro atoms. The Bertz CT molecular complexity index is 849. The number of hydrogen-bond donors (Lipinski definition) is 1. The fraction of sp³-hybridized carbons (Fsp3) is 0.522. The molecule has 1 saturated heterocycles. The molecule has 1 heterocycles. The van der Waals surface area contributed by atoms with Gasteiger partial charge in [-0.15, -0.1) is 0 Å². The Kier molecular flexibility index (Phi) is 5.96. The van der Waals surface area contributed by atoms with Crippen molar-refractivity contribution in [1.29, 1.82) is 0 Å². The van der Waals surface area contributed by atoms with E-state index in [0.29, 0.717) is 6.54 Å². The highest BCUT2D eigenvalue weighted by atomic mass is 16.5. The second-order valence-corrected chi connectivity index (χ2v) is 8.77. The topological polar surface area (TPSA) is 58.8 Å². The highest BCUT2D eigenvalue weighted by molar-refractivity contribution is 5.85. The van der Waals surface area contributed by atoms with E-state index in [4.69, 9.17) is 10.5 Å². The molecular weight excluding hydrogens is 350 g/mol. The van der Waals surface area contributed by atoms with Gasteiger partial charge in [-0.3, -0.25) is 9.69 Å². The largest absolute Gasteiger partial charge is 0.497 e. The van der Waals surface area contributed by atoms with E-state index in [1.165, 1.54) is 0 Å². The molecule has 1 fully saturated rings. The molecule has 0 saturated carbocycles. The number of fused-ring (bicyclic) bond motifs is 1. The average molecular weight is 384 g/mol. The lowest BCUT2D eigenvalue weighted by Crippen LogP contribution is -2.57. The number of carbonyl (C=O) groups excluding carboxylic acids is 1. The second kappa shape index (κ2) is 8.10. The lowest BCUT2D eigenvalue weighted by molar-refractivity contribution is -0.137. The van der Waals surface area contributed by atoms with Gasteiger partial charge >= 0.3 is 0 Å². The quantitative estimate of drug-likeness (QED) is 0.861. The first kappa shape index (κ1) is 20.6. The van der Waals surface area contributed by atoms with Gasteiger partial charge in [0.15, 0.2) is 0 Å². The Labute approximate surface area is 168 Å². The van der Waals surface area contributed by atoms with Gasteiger partial charge in [-0.1, -0.05) is 32.0 Å². The minimum absolute atomic E-state index is 0.0325. The standard InChI is InChI=1S/C23H33N3O2/c1-16(26-11-10-21(24)23(2,3)15-26)22(27)25(4)14-17-6-7-19-13-20(28-5)9-8-18(19)12-17/h6-9,12-13,16,21H,10-11,14-15,24H2,1-5H3. The van der Waals surface area contributed by atoms with Crippen molar-refractivity contribution in [3.8, 4) is 5.75 Å². The molecular formula is C23H33N3O2. The molecule has 3 rings (SSSR count). The maximum absolute atomic E-state index is 13.0. The predicted molar refractivity (Wildman–Crippen MR) is 114 cm³/mol.